The van der Waals surface area contributed by atoms with Crippen molar-refractivity contribution in [1.29, 1.82) is 0 Å². The summed E-state index contributed by atoms with van der Waals surface area (Å²) >= 11 is 0. The molecule has 9 heteroatoms. The first kappa shape index (κ1) is 50.9. The van der Waals surface area contributed by atoms with E-state index in [1.165, 1.54) is 0 Å². The summed E-state index contributed by atoms with van der Waals surface area (Å²) in [6.45, 7) is 19.7. The van der Waals surface area contributed by atoms with E-state index in [9.17, 15) is 19.5 Å². The van der Waals surface area contributed by atoms with E-state index in [1.54, 1.807) is 79.0 Å². The van der Waals surface area contributed by atoms with Gasteiger partial charge in [-0.3, -0.25) is 4.68 Å². The van der Waals surface area contributed by atoms with Crippen LogP contribution in [0.25, 0.3) is 0 Å². The molecule has 0 spiro atoms. The van der Waals surface area contributed by atoms with Gasteiger partial charge in [0.15, 0.2) is 0 Å². The molecule has 1 N–H and O–H groups in total. The third kappa shape index (κ3) is 11.4. The van der Waals surface area contributed by atoms with Crippen molar-refractivity contribution in [3.8, 4) is 23.0 Å². The summed E-state index contributed by atoms with van der Waals surface area (Å²) in [5, 5.41) is 17.3. The SMILES string of the molecule is CC(C)(C)c1cc2c(OC(=O)c3ccccc3)c(c1)Cc1cc(C(C)(C)C)cc(c1OC(=O)c1ccccc1)Cc1cc(C(C)(C)C)cc(c1OC(=O)c1ccccc1)Cc1cc(Cn3cccn3)cc(c1O)C2. The average Bonchev–Trinajstić information content (AvgIpc) is 3.88. The smallest absolute Gasteiger partial charge is 0.343 e. The largest absolute Gasteiger partial charge is 0.507 e. The highest BCUT2D eigenvalue weighted by Gasteiger charge is 2.30. The van der Waals surface area contributed by atoms with Gasteiger partial charge in [0.05, 0.1) is 23.2 Å². The van der Waals surface area contributed by atoms with Gasteiger partial charge in [-0.05, 0) is 104 Å². The molecule has 0 aliphatic heterocycles. The van der Waals surface area contributed by atoms with Crippen molar-refractivity contribution in [1.82, 2.24) is 9.78 Å². The summed E-state index contributed by atoms with van der Waals surface area (Å²) in [5.74, 6) is -0.460. The van der Waals surface area contributed by atoms with Crippen LogP contribution in [0.2, 0.25) is 0 Å². The Morgan fingerprint density at radius 3 is 1.01 bits per heavy atom. The molecule has 1 aliphatic rings. The normalized spacial score (nSPS) is 12.7. The summed E-state index contributed by atoms with van der Waals surface area (Å²) in [6, 6.07) is 45.1. The summed E-state index contributed by atoms with van der Waals surface area (Å²) in [7, 11) is 0. The quantitative estimate of drug-likeness (QED) is 0.118. The minimum Gasteiger partial charge on any atom is -0.507 e. The molecular formula is C65H64N2O7. The maximum atomic E-state index is 14.5. The van der Waals surface area contributed by atoms with E-state index < -0.39 is 17.9 Å². The number of hydrogen-bond acceptors (Lipinski definition) is 8. The van der Waals surface area contributed by atoms with Crippen LogP contribution in [-0.2, 0) is 48.5 Å². The summed E-state index contributed by atoms with van der Waals surface area (Å²) < 4.78 is 21.8. The molecule has 9 rings (SSSR count). The first-order chi connectivity index (χ1) is 35.2. The number of nitrogens with zero attached hydrogens (tertiary/aromatic N) is 2. The molecule has 0 unspecified atom stereocenters. The summed E-state index contributed by atoms with van der Waals surface area (Å²) in [4.78, 5) is 43.3. The minimum absolute atomic E-state index is 0.0718. The van der Waals surface area contributed by atoms with Crippen LogP contribution < -0.4 is 14.2 Å². The number of ether oxygens (including phenoxy) is 3. The Hall–Kier alpha value is -8.04. The second kappa shape index (κ2) is 20.5. The molecule has 1 aromatic heterocycles. The number of carbonyl (C=O) groups excluding carboxylic acids is 3. The zero-order valence-electron chi connectivity index (χ0n) is 43.8. The van der Waals surface area contributed by atoms with Crippen LogP contribution >= 0.6 is 0 Å². The number of aromatic nitrogens is 2. The second-order valence-corrected chi connectivity index (χ2v) is 22.6. The van der Waals surface area contributed by atoms with Crippen molar-refractivity contribution in [2.45, 2.75) is 111 Å². The average molecular weight is 985 g/mol. The van der Waals surface area contributed by atoms with Crippen molar-refractivity contribution in [2.75, 3.05) is 0 Å². The summed E-state index contributed by atoms with van der Waals surface area (Å²) in [6.07, 6.45) is 4.35. The van der Waals surface area contributed by atoms with Gasteiger partial charge in [-0.25, -0.2) is 14.4 Å². The van der Waals surface area contributed by atoms with E-state index in [-0.39, 0.29) is 47.7 Å². The lowest BCUT2D eigenvalue weighted by atomic mass is 9.80. The number of rotatable bonds is 8. The van der Waals surface area contributed by atoms with E-state index >= 15 is 0 Å². The van der Waals surface area contributed by atoms with Crippen LogP contribution in [0.15, 0.2) is 158 Å². The van der Waals surface area contributed by atoms with Crippen LogP contribution in [0, 0.1) is 0 Å². The minimum atomic E-state index is -0.536. The van der Waals surface area contributed by atoms with Crippen molar-refractivity contribution < 1.29 is 33.7 Å². The van der Waals surface area contributed by atoms with Gasteiger partial charge in [0.2, 0.25) is 0 Å². The molecule has 8 aromatic rings. The van der Waals surface area contributed by atoms with Crippen LogP contribution in [0.5, 0.6) is 23.0 Å². The lowest BCUT2D eigenvalue weighted by Crippen LogP contribution is -2.19. The van der Waals surface area contributed by atoms with Crippen LogP contribution in [-0.4, -0.2) is 32.8 Å². The van der Waals surface area contributed by atoms with E-state index in [0.29, 0.717) is 85.0 Å². The predicted molar refractivity (Wildman–Crippen MR) is 290 cm³/mol. The highest BCUT2D eigenvalue weighted by Crippen LogP contribution is 2.44. The van der Waals surface area contributed by atoms with Crippen molar-refractivity contribution in [3.05, 3.63) is 241 Å². The van der Waals surface area contributed by atoms with Gasteiger partial charge >= 0.3 is 17.9 Å². The molecule has 9 nitrogen and oxygen atoms in total. The molecule has 74 heavy (non-hydrogen) atoms. The zero-order valence-corrected chi connectivity index (χ0v) is 43.8. The Morgan fingerprint density at radius 1 is 0.446 bits per heavy atom. The van der Waals surface area contributed by atoms with Gasteiger partial charge < -0.3 is 19.3 Å². The van der Waals surface area contributed by atoms with Gasteiger partial charge in [0, 0.05) is 71.5 Å². The molecule has 1 aliphatic carbocycles. The Kier molecular flexibility index (Phi) is 14.1. The Balaban J connectivity index is 1.38. The number of benzene rings is 7. The number of phenols is 1. The van der Waals surface area contributed by atoms with Crippen molar-refractivity contribution >= 4 is 17.9 Å². The molecular weight excluding hydrogens is 921 g/mol. The highest BCUT2D eigenvalue weighted by atomic mass is 16.5. The molecule has 1 heterocycles. The lowest BCUT2D eigenvalue weighted by molar-refractivity contribution is 0.0722. The fourth-order valence-electron chi connectivity index (χ4n) is 9.52. The van der Waals surface area contributed by atoms with Crippen LogP contribution in [0.4, 0.5) is 0 Å². The fourth-order valence-corrected chi connectivity index (χ4v) is 9.52. The van der Waals surface area contributed by atoms with Gasteiger partial charge in [0.1, 0.15) is 23.0 Å². The van der Waals surface area contributed by atoms with Crippen molar-refractivity contribution in [3.63, 3.8) is 0 Å². The molecule has 0 radical (unpaired) electrons. The number of aromatic hydroxyl groups is 1. The predicted octanol–water partition coefficient (Wildman–Crippen LogP) is 13.9. The third-order valence-electron chi connectivity index (χ3n) is 13.7. The lowest BCUT2D eigenvalue weighted by Gasteiger charge is -2.28. The fraction of sp³-hybridized carbons (Fsp3) is 0.262. The third-order valence-corrected chi connectivity index (χ3v) is 13.7. The number of hydrogen-bond donors (Lipinski definition) is 1. The van der Waals surface area contributed by atoms with Gasteiger partial charge in [-0.1, -0.05) is 153 Å². The molecule has 0 saturated heterocycles. The number of phenolic OH excluding ortho intramolecular Hbond substituents is 1. The van der Waals surface area contributed by atoms with Crippen LogP contribution in [0.1, 0.15) is 160 Å². The monoisotopic (exact) mass is 984 g/mol. The standard InChI is InChI=1S/C65H64N2O7/c1-63(2,3)53-34-47-30-45-28-41(40-67-27-19-26-66-67)29-46(56(45)68)31-48-35-54(64(4,5)6)37-50(58(48)73-61(70)43-22-15-11-16-23-43)33-52-39-55(65(7,8)9)38-51(59(52)74-62(71)44-24-17-12-18-25-44)32-49(36-53)57(47)72-60(69)42-20-13-10-14-21-42/h10-29,34-39,68H,30-33,40H2,1-9H3. The molecule has 0 fully saturated rings. The topological polar surface area (TPSA) is 117 Å². The molecule has 0 atom stereocenters. The Bertz CT molecular complexity index is 3210. The number of fused-ring (bicyclic) bond motifs is 8. The maximum Gasteiger partial charge on any atom is 0.343 e. The number of carbonyl (C=O) groups is 3. The van der Waals surface area contributed by atoms with E-state index in [2.05, 4.69) is 104 Å². The van der Waals surface area contributed by atoms with Crippen molar-refractivity contribution in [2.24, 2.45) is 0 Å². The second-order valence-electron chi connectivity index (χ2n) is 22.6. The van der Waals surface area contributed by atoms with E-state index in [0.717, 1.165) is 22.3 Å². The van der Waals surface area contributed by atoms with Gasteiger partial charge in [0.25, 0.3) is 0 Å². The molecule has 376 valence electrons. The Labute approximate surface area is 434 Å². The highest BCUT2D eigenvalue weighted by molar-refractivity contribution is 5.93. The molecule has 7 aromatic carbocycles. The van der Waals surface area contributed by atoms with E-state index in [1.807, 2.05) is 47.3 Å². The first-order valence-corrected chi connectivity index (χ1v) is 25.3. The van der Waals surface area contributed by atoms with Gasteiger partial charge in [-0.2, -0.15) is 5.10 Å². The molecule has 8 bridgehead atoms. The Morgan fingerprint density at radius 2 is 0.743 bits per heavy atom. The van der Waals surface area contributed by atoms with E-state index in [4.69, 9.17) is 14.2 Å². The first-order valence-electron chi connectivity index (χ1n) is 25.3. The zero-order chi connectivity index (χ0) is 52.5. The molecule has 0 saturated carbocycles. The maximum absolute atomic E-state index is 14.5. The summed E-state index contributed by atoms with van der Waals surface area (Å²) in [5.41, 5.74) is 9.22. The van der Waals surface area contributed by atoms with Crippen LogP contribution in [0.3, 0.4) is 0 Å². The van der Waals surface area contributed by atoms with Gasteiger partial charge in [-0.15, -0.1) is 0 Å². The molecule has 0 amide bonds. The number of esters is 3.